The number of fused-ring (bicyclic) bond motifs is 1. The first-order valence-corrected chi connectivity index (χ1v) is 8.68. The van der Waals surface area contributed by atoms with E-state index in [2.05, 4.69) is 20.7 Å². The molecule has 2 aromatic carbocycles. The topological polar surface area (TPSA) is 71.3 Å². The van der Waals surface area contributed by atoms with Crippen molar-refractivity contribution in [2.75, 3.05) is 10.6 Å². The first kappa shape index (κ1) is 15.6. The number of hydrogen-bond donors (Lipinski definition) is 2. The van der Waals surface area contributed by atoms with E-state index in [4.69, 9.17) is 11.6 Å². The summed E-state index contributed by atoms with van der Waals surface area (Å²) >= 11 is 7.29. The van der Waals surface area contributed by atoms with Gasteiger partial charge in [-0.3, -0.25) is 5.32 Å². The summed E-state index contributed by atoms with van der Waals surface area (Å²) < 4.78 is 1.72. The molecule has 2 heterocycles. The number of amides is 2. The zero-order chi connectivity index (χ0) is 17.2. The number of carbonyl (C=O) groups is 1. The van der Waals surface area contributed by atoms with Gasteiger partial charge in [0.1, 0.15) is 0 Å². The lowest BCUT2D eigenvalue weighted by Gasteiger charge is -2.04. The van der Waals surface area contributed by atoms with Crippen LogP contribution in [0.1, 0.15) is 0 Å². The zero-order valence-corrected chi connectivity index (χ0v) is 14.4. The van der Waals surface area contributed by atoms with Crippen LogP contribution in [0.2, 0.25) is 5.02 Å². The van der Waals surface area contributed by atoms with Crippen molar-refractivity contribution in [1.82, 2.24) is 14.6 Å². The van der Waals surface area contributed by atoms with E-state index < -0.39 is 6.03 Å². The molecular formula is C17H12ClN5OS. The Morgan fingerprint density at radius 3 is 2.56 bits per heavy atom. The zero-order valence-electron chi connectivity index (χ0n) is 12.8. The van der Waals surface area contributed by atoms with Crippen molar-refractivity contribution in [2.45, 2.75) is 0 Å². The van der Waals surface area contributed by atoms with Gasteiger partial charge in [-0.15, -0.1) is 16.4 Å². The number of halogens is 1. The summed E-state index contributed by atoms with van der Waals surface area (Å²) in [4.78, 5) is 17.1. The van der Waals surface area contributed by atoms with E-state index in [-0.39, 0.29) is 5.95 Å². The van der Waals surface area contributed by atoms with Crippen molar-refractivity contribution in [3.8, 4) is 11.3 Å². The summed E-state index contributed by atoms with van der Waals surface area (Å²) in [6.45, 7) is 0. The van der Waals surface area contributed by atoms with Gasteiger partial charge in [-0.25, -0.2) is 9.31 Å². The van der Waals surface area contributed by atoms with Gasteiger partial charge >= 0.3 is 6.03 Å². The molecule has 2 aromatic heterocycles. The fraction of sp³-hybridized carbons (Fsp3) is 0. The van der Waals surface area contributed by atoms with E-state index in [1.165, 1.54) is 11.3 Å². The first-order chi connectivity index (χ1) is 12.2. The fourth-order valence-electron chi connectivity index (χ4n) is 2.34. The van der Waals surface area contributed by atoms with E-state index in [1.807, 2.05) is 35.7 Å². The molecule has 0 saturated carbocycles. The van der Waals surface area contributed by atoms with Crippen LogP contribution in [0, 0.1) is 0 Å². The third-order valence-corrected chi connectivity index (χ3v) is 4.55. The molecule has 0 fully saturated rings. The number of nitrogens with one attached hydrogen (secondary N) is 2. The Balaban J connectivity index is 1.53. The quantitative estimate of drug-likeness (QED) is 0.547. The highest BCUT2D eigenvalue weighted by Crippen LogP contribution is 2.25. The molecular weight excluding hydrogens is 358 g/mol. The molecule has 8 heteroatoms. The third-order valence-electron chi connectivity index (χ3n) is 3.48. The minimum Gasteiger partial charge on any atom is -0.308 e. The Bertz CT molecular complexity index is 1030. The number of anilines is 2. The number of thiazole rings is 1. The number of benzene rings is 2. The maximum absolute atomic E-state index is 12.1. The van der Waals surface area contributed by atoms with E-state index in [1.54, 1.807) is 28.8 Å². The Labute approximate surface area is 152 Å². The number of urea groups is 1. The van der Waals surface area contributed by atoms with Gasteiger partial charge in [0.2, 0.25) is 4.96 Å². The Morgan fingerprint density at radius 2 is 1.80 bits per heavy atom. The molecule has 4 rings (SSSR count). The van der Waals surface area contributed by atoms with E-state index in [0.29, 0.717) is 15.7 Å². The molecule has 0 unspecified atom stereocenters. The maximum Gasteiger partial charge on any atom is 0.326 e. The monoisotopic (exact) mass is 369 g/mol. The van der Waals surface area contributed by atoms with Crippen LogP contribution in [0.25, 0.3) is 16.2 Å². The molecule has 0 aliphatic carbocycles. The third kappa shape index (κ3) is 3.33. The van der Waals surface area contributed by atoms with Gasteiger partial charge in [0.25, 0.3) is 5.95 Å². The van der Waals surface area contributed by atoms with Crippen LogP contribution in [0.5, 0.6) is 0 Å². The van der Waals surface area contributed by atoms with Crippen LogP contribution in [-0.2, 0) is 0 Å². The molecule has 0 bridgehead atoms. The molecule has 0 aliphatic heterocycles. The van der Waals surface area contributed by atoms with Gasteiger partial charge in [0, 0.05) is 21.7 Å². The van der Waals surface area contributed by atoms with Crippen molar-refractivity contribution in [1.29, 1.82) is 0 Å². The molecule has 0 saturated heterocycles. The average molecular weight is 370 g/mol. The van der Waals surface area contributed by atoms with Crippen molar-refractivity contribution in [3.63, 3.8) is 0 Å². The van der Waals surface area contributed by atoms with E-state index in [0.717, 1.165) is 11.3 Å². The lowest BCUT2D eigenvalue weighted by Crippen LogP contribution is -2.20. The standard InChI is InChI=1S/C17H12ClN5OS/c18-12-6-8-13(9-7-12)19-16(24)20-15-21-17-23(22-15)14(10-25-17)11-4-2-1-3-5-11/h1-10H,(H2,19,20,22,24). The number of nitrogens with zero attached hydrogens (tertiary/aromatic N) is 3. The second-order valence-corrected chi connectivity index (χ2v) is 6.48. The highest BCUT2D eigenvalue weighted by atomic mass is 35.5. The van der Waals surface area contributed by atoms with Gasteiger partial charge in [0.15, 0.2) is 0 Å². The molecule has 124 valence electrons. The number of carbonyl (C=O) groups excluding carboxylic acids is 1. The molecule has 0 radical (unpaired) electrons. The molecule has 0 aliphatic rings. The van der Waals surface area contributed by atoms with E-state index >= 15 is 0 Å². The number of hydrogen-bond acceptors (Lipinski definition) is 4. The van der Waals surface area contributed by atoms with Crippen molar-refractivity contribution in [3.05, 3.63) is 65.0 Å². The highest BCUT2D eigenvalue weighted by Gasteiger charge is 2.13. The average Bonchev–Trinajstić information content (AvgIpc) is 3.17. The van der Waals surface area contributed by atoms with Gasteiger partial charge in [-0.05, 0) is 24.3 Å². The van der Waals surface area contributed by atoms with E-state index in [9.17, 15) is 4.79 Å². The highest BCUT2D eigenvalue weighted by molar-refractivity contribution is 7.15. The van der Waals surface area contributed by atoms with Crippen molar-refractivity contribution < 1.29 is 4.79 Å². The summed E-state index contributed by atoms with van der Waals surface area (Å²) in [7, 11) is 0. The fourth-order valence-corrected chi connectivity index (χ4v) is 3.30. The second-order valence-electron chi connectivity index (χ2n) is 5.20. The molecule has 0 atom stereocenters. The summed E-state index contributed by atoms with van der Waals surface area (Å²) in [5.74, 6) is 0.246. The second kappa shape index (κ2) is 6.54. The van der Waals surface area contributed by atoms with Crippen LogP contribution in [-0.4, -0.2) is 20.6 Å². The van der Waals surface area contributed by atoms with Crippen LogP contribution in [0.4, 0.5) is 16.4 Å². The minimum atomic E-state index is -0.415. The molecule has 2 amide bonds. The largest absolute Gasteiger partial charge is 0.326 e. The van der Waals surface area contributed by atoms with Crippen molar-refractivity contribution >= 4 is 45.6 Å². The van der Waals surface area contributed by atoms with Gasteiger partial charge in [-0.1, -0.05) is 41.9 Å². The first-order valence-electron chi connectivity index (χ1n) is 7.42. The number of aromatic nitrogens is 3. The normalized spacial score (nSPS) is 10.8. The SMILES string of the molecule is O=C(Nc1ccc(Cl)cc1)Nc1nc2scc(-c3ccccc3)n2n1. The van der Waals surface area contributed by atoms with Crippen LogP contribution < -0.4 is 10.6 Å². The molecule has 6 nitrogen and oxygen atoms in total. The Kier molecular flexibility index (Phi) is 4.09. The molecule has 4 aromatic rings. The van der Waals surface area contributed by atoms with Gasteiger partial charge in [-0.2, -0.15) is 4.98 Å². The maximum atomic E-state index is 12.1. The lowest BCUT2D eigenvalue weighted by molar-refractivity contribution is 0.262. The smallest absolute Gasteiger partial charge is 0.308 e. The summed E-state index contributed by atoms with van der Waals surface area (Å²) in [5, 5.41) is 12.3. The van der Waals surface area contributed by atoms with Gasteiger partial charge in [0.05, 0.1) is 5.69 Å². The summed E-state index contributed by atoms with van der Waals surface area (Å²) in [6.07, 6.45) is 0. The number of rotatable bonds is 3. The Hall–Kier alpha value is -2.90. The lowest BCUT2D eigenvalue weighted by atomic mass is 10.2. The molecule has 25 heavy (non-hydrogen) atoms. The molecule has 0 spiro atoms. The van der Waals surface area contributed by atoms with Crippen LogP contribution in [0.3, 0.4) is 0 Å². The molecule has 2 N–H and O–H groups in total. The predicted molar refractivity (Wildman–Crippen MR) is 100 cm³/mol. The predicted octanol–water partition coefficient (Wildman–Crippen LogP) is 4.76. The summed E-state index contributed by atoms with van der Waals surface area (Å²) in [5.41, 5.74) is 2.60. The minimum absolute atomic E-state index is 0.246. The van der Waals surface area contributed by atoms with Gasteiger partial charge < -0.3 is 5.32 Å². The van der Waals surface area contributed by atoms with Crippen molar-refractivity contribution in [2.24, 2.45) is 0 Å². The Morgan fingerprint density at radius 1 is 1.04 bits per heavy atom. The van der Waals surface area contributed by atoms with Crippen LogP contribution >= 0.6 is 22.9 Å². The van der Waals surface area contributed by atoms with Crippen LogP contribution in [0.15, 0.2) is 60.0 Å². The summed E-state index contributed by atoms with van der Waals surface area (Å²) in [6, 6.07) is 16.3.